The maximum atomic E-state index is 12.3. The Kier molecular flexibility index (Phi) is 5.78. The fraction of sp³-hybridized carbons (Fsp3) is 0.368. The molecule has 1 fully saturated rings. The number of anilines is 2. The predicted molar refractivity (Wildman–Crippen MR) is 98.4 cm³/mol. The van der Waals surface area contributed by atoms with Crippen molar-refractivity contribution in [2.75, 3.05) is 30.4 Å². The monoisotopic (exact) mass is 354 g/mol. The Morgan fingerprint density at radius 2 is 1.58 bits per heavy atom. The first-order valence-corrected chi connectivity index (χ1v) is 8.74. The molecule has 0 atom stereocenters. The molecule has 1 aromatic carbocycles. The maximum Gasteiger partial charge on any atom is 0.337 e. The summed E-state index contributed by atoms with van der Waals surface area (Å²) < 4.78 is 4.65. The van der Waals surface area contributed by atoms with E-state index in [4.69, 9.17) is 0 Å². The average Bonchev–Trinajstić information content (AvgIpc) is 2.97. The van der Waals surface area contributed by atoms with Crippen LogP contribution in [-0.2, 0) is 4.74 Å². The molecular weight excluding hydrogens is 332 g/mol. The second kappa shape index (κ2) is 8.42. The van der Waals surface area contributed by atoms with E-state index < -0.39 is 5.97 Å². The number of ether oxygens (including phenoxy) is 1. The van der Waals surface area contributed by atoms with Gasteiger partial charge in [0.25, 0.3) is 5.91 Å². The lowest BCUT2D eigenvalue weighted by molar-refractivity contribution is 0.0600. The van der Waals surface area contributed by atoms with Crippen molar-refractivity contribution in [3.8, 4) is 0 Å². The van der Waals surface area contributed by atoms with E-state index in [0.717, 1.165) is 25.9 Å². The normalized spacial score (nSPS) is 14.4. The Morgan fingerprint density at radius 1 is 0.962 bits per heavy atom. The van der Waals surface area contributed by atoms with Gasteiger partial charge in [-0.25, -0.2) is 14.8 Å². The number of carbonyl (C=O) groups excluding carboxylic acids is 2. The first-order valence-electron chi connectivity index (χ1n) is 8.74. The van der Waals surface area contributed by atoms with E-state index >= 15 is 0 Å². The standard InChI is InChI=1S/C19H22N4O3/c1-26-18(25)14-6-8-16(9-7-14)22-17(24)15-12-20-19(21-13-15)23-10-4-2-3-5-11-23/h6-9,12-13H,2-5,10-11H2,1H3,(H,22,24). The van der Waals surface area contributed by atoms with Gasteiger partial charge in [0.1, 0.15) is 0 Å². The summed E-state index contributed by atoms with van der Waals surface area (Å²) >= 11 is 0. The van der Waals surface area contributed by atoms with Crippen molar-refractivity contribution < 1.29 is 14.3 Å². The van der Waals surface area contributed by atoms with Gasteiger partial charge in [-0.2, -0.15) is 0 Å². The van der Waals surface area contributed by atoms with Gasteiger partial charge >= 0.3 is 5.97 Å². The van der Waals surface area contributed by atoms with Crippen molar-refractivity contribution >= 4 is 23.5 Å². The van der Waals surface area contributed by atoms with Crippen LogP contribution in [0.4, 0.5) is 11.6 Å². The van der Waals surface area contributed by atoms with Crippen LogP contribution in [0.1, 0.15) is 46.4 Å². The van der Waals surface area contributed by atoms with E-state index in [1.165, 1.54) is 20.0 Å². The summed E-state index contributed by atoms with van der Waals surface area (Å²) in [4.78, 5) is 34.6. The summed E-state index contributed by atoms with van der Waals surface area (Å²) in [5.74, 6) is -0.0375. The van der Waals surface area contributed by atoms with Crippen LogP contribution in [0, 0.1) is 0 Å². The first-order chi connectivity index (χ1) is 12.7. The van der Waals surface area contributed by atoms with Gasteiger partial charge in [0.15, 0.2) is 0 Å². The van der Waals surface area contributed by atoms with Gasteiger partial charge in [-0.15, -0.1) is 0 Å². The van der Waals surface area contributed by atoms with Crippen LogP contribution < -0.4 is 10.2 Å². The molecule has 1 amide bonds. The van der Waals surface area contributed by atoms with E-state index in [1.807, 2.05) is 0 Å². The second-order valence-electron chi connectivity index (χ2n) is 6.20. The molecule has 0 saturated carbocycles. The first kappa shape index (κ1) is 17.8. The van der Waals surface area contributed by atoms with Gasteiger partial charge < -0.3 is 15.0 Å². The topological polar surface area (TPSA) is 84.4 Å². The number of hydrogen-bond donors (Lipinski definition) is 1. The van der Waals surface area contributed by atoms with Crippen LogP contribution >= 0.6 is 0 Å². The smallest absolute Gasteiger partial charge is 0.337 e. The lowest BCUT2D eigenvalue weighted by atomic mass is 10.2. The third-order valence-electron chi connectivity index (χ3n) is 4.35. The Bertz CT molecular complexity index is 751. The van der Waals surface area contributed by atoms with Crippen molar-refractivity contribution in [1.29, 1.82) is 0 Å². The van der Waals surface area contributed by atoms with E-state index in [0.29, 0.717) is 22.8 Å². The number of methoxy groups -OCH3 is 1. The van der Waals surface area contributed by atoms with Gasteiger partial charge in [-0.3, -0.25) is 4.79 Å². The Labute approximate surface area is 152 Å². The van der Waals surface area contributed by atoms with Crippen molar-refractivity contribution in [1.82, 2.24) is 9.97 Å². The molecule has 1 aromatic heterocycles. The lowest BCUT2D eigenvalue weighted by Crippen LogP contribution is -2.26. The van der Waals surface area contributed by atoms with Gasteiger partial charge in [0.05, 0.1) is 18.2 Å². The summed E-state index contributed by atoms with van der Waals surface area (Å²) in [6, 6.07) is 6.49. The number of aromatic nitrogens is 2. The molecule has 1 saturated heterocycles. The molecule has 1 aliphatic rings. The van der Waals surface area contributed by atoms with Gasteiger partial charge in [0, 0.05) is 31.2 Å². The quantitative estimate of drug-likeness (QED) is 0.850. The van der Waals surface area contributed by atoms with E-state index in [-0.39, 0.29) is 5.91 Å². The van der Waals surface area contributed by atoms with Crippen molar-refractivity contribution in [2.45, 2.75) is 25.7 Å². The molecule has 1 N–H and O–H groups in total. The number of benzene rings is 1. The maximum absolute atomic E-state index is 12.3. The number of amides is 1. The highest BCUT2D eigenvalue weighted by Crippen LogP contribution is 2.16. The molecule has 0 aliphatic carbocycles. The molecule has 1 aliphatic heterocycles. The number of nitrogens with one attached hydrogen (secondary N) is 1. The molecular formula is C19H22N4O3. The summed E-state index contributed by atoms with van der Waals surface area (Å²) in [5.41, 5.74) is 1.40. The van der Waals surface area contributed by atoms with Crippen molar-refractivity contribution in [3.05, 3.63) is 47.8 Å². The average molecular weight is 354 g/mol. The molecule has 3 rings (SSSR count). The molecule has 0 spiro atoms. The molecule has 26 heavy (non-hydrogen) atoms. The zero-order chi connectivity index (χ0) is 18.4. The molecule has 7 heteroatoms. The fourth-order valence-electron chi connectivity index (χ4n) is 2.88. The second-order valence-corrected chi connectivity index (χ2v) is 6.20. The minimum atomic E-state index is -0.416. The number of esters is 1. The molecule has 2 heterocycles. The Hall–Kier alpha value is -2.96. The SMILES string of the molecule is COC(=O)c1ccc(NC(=O)c2cnc(N3CCCCCC3)nc2)cc1. The third kappa shape index (κ3) is 4.36. The van der Waals surface area contributed by atoms with E-state index in [2.05, 4.69) is 24.9 Å². The summed E-state index contributed by atoms with van der Waals surface area (Å²) in [6.45, 7) is 1.91. The van der Waals surface area contributed by atoms with Gasteiger partial charge in [0.2, 0.25) is 5.95 Å². The number of hydrogen-bond acceptors (Lipinski definition) is 6. The van der Waals surface area contributed by atoms with Crippen LogP contribution in [0.3, 0.4) is 0 Å². The predicted octanol–water partition coefficient (Wildman–Crippen LogP) is 2.90. The van der Waals surface area contributed by atoms with Crippen LogP contribution in [0.15, 0.2) is 36.7 Å². The van der Waals surface area contributed by atoms with E-state index in [1.54, 1.807) is 36.7 Å². The molecule has 136 valence electrons. The van der Waals surface area contributed by atoms with Gasteiger partial charge in [-0.1, -0.05) is 12.8 Å². The lowest BCUT2D eigenvalue weighted by Gasteiger charge is -2.19. The largest absolute Gasteiger partial charge is 0.465 e. The Morgan fingerprint density at radius 3 is 2.15 bits per heavy atom. The summed E-state index contributed by atoms with van der Waals surface area (Å²) in [6.07, 6.45) is 7.87. The highest BCUT2D eigenvalue weighted by atomic mass is 16.5. The van der Waals surface area contributed by atoms with Crippen LogP contribution in [0.25, 0.3) is 0 Å². The fourth-order valence-corrected chi connectivity index (χ4v) is 2.88. The third-order valence-corrected chi connectivity index (χ3v) is 4.35. The minimum Gasteiger partial charge on any atom is -0.465 e. The van der Waals surface area contributed by atoms with Gasteiger partial charge in [-0.05, 0) is 37.1 Å². The summed E-state index contributed by atoms with van der Waals surface area (Å²) in [5, 5.41) is 2.77. The van der Waals surface area contributed by atoms with Crippen LogP contribution in [0.2, 0.25) is 0 Å². The summed E-state index contributed by atoms with van der Waals surface area (Å²) in [7, 11) is 1.33. The Balaban J connectivity index is 1.63. The number of carbonyl (C=O) groups is 2. The number of rotatable bonds is 4. The van der Waals surface area contributed by atoms with E-state index in [9.17, 15) is 9.59 Å². The highest BCUT2D eigenvalue weighted by Gasteiger charge is 2.14. The number of nitrogens with zero attached hydrogens (tertiary/aromatic N) is 3. The molecule has 7 nitrogen and oxygen atoms in total. The van der Waals surface area contributed by atoms with Crippen molar-refractivity contribution in [3.63, 3.8) is 0 Å². The zero-order valence-electron chi connectivity index (χ0n) is 14.8. The minimum absolute atomic E-state index is 0.293. The molecule has 0 radical (unpaired) electrons. The van der Waals surface area contributed by atoms with Crippen LogP contribution in [-0.4, -0.2) is 42.0 Å². The van der Waals surface area contributed by atoms with Crippen LogP contribution in [0.5, 0.6) is 0 Å². The molecule has 0 unspecified atom stereocenters. The van der Waals surface area contributed by atoms with Crippen molar-refractivity contribution in [2.24, 2.45) is 0 Å². The zero-order valence-corrected chi connectivity index (χ0v) is 14.8. The molecule has 2 aromatic rings. The highest BCUT2D eigenvalue weighted by molar-refractivity contribution is 6.04. The molecule has 0 bridgehead atoms.